The van der Waals surface area contributed by atoms with E-state index < -0.39 is 0 Å². The molecule has 0 spiro atoms. The lowest BCUT2D eigenvalue weighted by molar-refractivity contribution is 0.0437. The van der Waals surface area contributed by atoms with Crippen molar-refractivity contribution in [3.63, 3.8) is 0 Å². The number of carbonyl (C=O) groups excluding carboxylic acids is 1. The number of aromatic nitrogens is 1. The molecule has 0 radical (unpaired) electrons. The fourth-order valence-electron chi connectivity index (χ4n) is 1.63. The van der Waals surface area contributed by atoms with Crippen LogP contribution in [-0.4, -0.2) is 29.5 Å². The highest BCUT2D eigenvalue weighted by Gasteiger charge is 2.30. The monoisotopic (exact) mass is 227 g/mol. The predicted molar refractivity (Wildman–Crippen MR) is 56.6 cm³/mol. The molecule has 0 aliphatic carbocycles. The Bertz CT molecular complexity index is 363. The Morgan fingerprint density at radius 3 is 3.00 bits per heavy atom. The molecule has 4 nitrogen and oxygen atoms in total. The minimum absolute atomic E-state index is 0.0279. The molecule has 1 aromatic rings. The largest absolute Gasteiger partial charge is 0.480 e. The molecule has 1 saturated heterocycles. The maximum absolute atomic E-state index is 11.9. The predicted octanol–water partition coefficient (Wildman–Crippen LogP) is 1.90. The molecule has 1 aliphatic rings. The van der Waals surface area contributed by atoms with Crippen molar-refractivity contribution in [2.45, 2.75) is 32.0 Å². The SMILES string of the molecule is COc1cc(C(=O)C2CCC(C)O2)sn1. The highest BCUT2D eigenvalue weighted by molar-refractivity contribution is 7.08. The second-order valence-corrected chi connectivity index (χ2v) is 4.42. The summed E-state index contributed by atoms with van der Waals surface area (Å²) in [4.78, 5) is 12.5. The van der Waals surface area contributed by atoms with Gasteiger partial charge in [0.1, 0.15) is 6.10 Å². The molecule has 0 aromatic carbocycles. The molecule has 0 N–H and O–H groups in total. The number of ketones is 1. The van der Waals surface area contributed by atoms with E-state index in [4.69, 9.17) is 9.47 Å². The highest BCUT2D eigenvalue weighted by atomic mass is 32.1. The lowest BCUT2D eigenvalue weighted by Gasteiger charge is -2.07. The van der Waals surface area contributed by atoms with Gasteiger partial charge in [-0.1, -0.05) is 0 Å². The van der Waals surface area contributed by atoms with Gasteiger partial charge in [-0.05, 0) is 31.3 Å². The van der Waals surface area contributed by atoms with Crippen LogP contribution in [0.1, 0.15) is 29.4 Å². The normalized spacial score (nSPS) is 25.5. The van der Waals surface area contributed by atoms with Gasteiger partial charge in [-0.15, -0.1) is 0 Å². The van der Waals surface area contributed by atoms with Gasteiger partial charge in [0, 0.05) is 6.07 Å². The molecule has 2 rings (SSSR count). The topological polar surface area (TPSA) is 48.4 Å². The Morgan fingerprint density at radius 1 is 1.67 bits per heavy atom. The third-order valence-electron chi connectivity index (χ3n) is 2.46. The van der Waals surface area contributed by atoms with Gasteiger partial charge in [-0.2, -0.15) is 4.37 Å². The number of hydrogen-bond acceptors (Lipinski definition) is 5. The fourth-order valence-corrected chi connectivity index (χ4v) is 2.32. The molecule has 1 aliphatic heterocycles. The van der Waals surface area contributed by atoms with Crippen molar-refractivity contribution in [3.05, 3.63) is 10.9 Å². The van der Waals surface area contributed by atoms with Crippen LogP contribution in [0.25, 0.3) is 0 Å². The van der Waals surface area contributed by atoms with Gasteiger partial charge in [-0.25, -0.2) is 0 Å². The van der Waals surface area contributed by atoms with Crippen LogP contribution in [0.5, 0.6) is 5.88 Å². The summed E-state index contributed by atoms with van der Waals surface area (Å²) in [7, 11) is 1.54. The molecule has 0 saturated carbocycles. The van der Waals surface area contributed by atoms with Crippen molar-refractivity contribution in [2.24, 2.45) is 0 Å². The summed E-state index contributed by atoms with van der Waals surface area (Å²) in [6.45, 7) is 1.99. The average Bonchev–Trinajstić information content (AvgIpc) is 2.84. The Kier molecular flexibility index (Phi) is 3.02. The quantitative estimate of drug-likeness (QED) is 0.740. The van der Waals surface area contributed by atoms with E-state index in [1.54, 1.807) is 6.07 Å². The first-order valence-electron chi connectivity index (χ1n) is 4.91. The number of carbonyl (C=O) groups is 1. The van der Waals surface area contributed by atoms with Gasteiger partial charge in [0.15, 0.2) is 0 Å². The van der Waals surface area contributed by atoms with Crippen LogP contribution >= 0.6 is 11.5 Å². The van der Waals surface area contributed by atoms with Gasteiger partial charge in [0.2, 0.25) is 11.7 Å². The zero-order valence-corrected chi connectivity index (χ0v) is 9.54. The van der Waals surface area contributed by atoms with E-state index in [2.05, 4.69) is 4.37 Å². The summed E-state index contributed by atoms with van der Waals surface area (Å²) < 4.78 is 14.4. The summed E-state index contributed by atoms with van der Waals surface area (Å²) in [6, 6.07) is 1.67. The van der Waals surface area contributed by atoms with Gasteiger partial charge < -0.3 is 9.47 Å². The third kappa shape index (κ3) is 2.18. The Morgan fingerprint density at radius 2 is 2.47 bits per heavy atom. The zero-order valence-electron chi connectivity index (χ0n) is 8.73. The number of nitrogens with zero attached hydrogens (tertiary/aromatic N) is 1. The first-order valence-corrected chi connectivity index (χ1v) is 5.68. The van der Waals surface area contributed by atoms with Crippen molar-refractivity contribution in [1.82, 2.24) is 4.37 Å². The molecule has 82 valence electrons. The summed E-state index contributed by atoms with van der Waals surface area (Å²) in [6.07, 6.45) is 1.66. The van der Waals surface area contributed by atoms with Crippen LogP contribution in [0, 0.1) is 0 Å². The fraction of sp³-hybridized carbons (Fsp3) is 0.600. The Labute approximate surface area is 92.4 Å². The van der Waals surface area contributed by atoms with Crippen molar-refractivity contribution in [3.8, 4) is 5.88 Å². The smallest absolute Gasteiger partial charge is 0.225 e. The molecule has 2 unspecified atom stereocenters. The standard InChI is InChI=1S/C10H13NO3S/c1-6-3-4-7(14-6)10(12)8-5-9(13-2)11-15-8/h5-7H,3-4H2,1-2H3. The van der Waals surface area contributed by atoms with Crippen LogP contribution in [0.2, 0.25) is 0 Å². The van der Waals surface area contributed by atoms with Crippen LogP contribution in [0.4, 0.5) is 0 Å². The first-order chi connectivity index (χ1) is 7.20. The van der Waals surface area contributed by atoms with Crippen LogP contribution in [0.15, 0.2) is 6.07 Å². The second-order valence-electron chi connectivity index (χ2n) is 3.61. The average molecular weight is 227 g/mol. The Balaban J connectivity index is 2.07. The van der Waals surface area contributed by atoms with E-state index >= 15 is 0 Å². The van der Waals surface area contributed by atoms with Gasteiger partial charge in [0.05, 0.1) is 18.1 Å². The van der Waals surface area contributed by atoms with Crippen LogP contribution < -0.4 is 4.74 Å². The number of methoxy groups -OCH3 is 1. The van der Waals surface area contributed by atoms with E-state index in [1.165, 1.54) is 18.6 Å². The van der Waals surface area contributed by atoms with Crippen molar-refractivity contribution in [2.75, 3.05) is 7.11 Å². The van der Waals surface area contributed by atoms with E-state index in [0.717, 1.165) is 12.8 Å². The minimum Gasteiger partial charge on any atom is -0.480 e. The minimum atomic E-state index is -0.287. The molecule has 2 heterocycles. The molecule has 5 heteroatoms. The molecule has 0 amide bonds. The number of Topliss-reactive ketones (excluding diaryl/α,β-unsaturated/α-hetero) is 1. The molecule has 1 fully saturated rings. The molecular formula is C10H13NO3S. The van der Waals surface area contributed by atoms with E-state index in [0.29, 0.717) is 10.8 Å². The summed E-state index contributed by atoms with van der Waals surface area (Å²) >= 11 is 1.17. The molecule has 0 bridgehead atoms. The molecule has 1 aromatic heterocycles. The third-order valence-corrected chi connectivity index (χ3v) is 3.25. The number of rotatable bonds is 3. The van der Waals surface area contributed by atoms with E-state index in [-0.39, 0.29) is 18.0 Å². The lowest BCUT2D eigenvalue weighted by Crippen LogP contribution is -2.19. The highest BCUT2D eigenvalue weighted by Crippen LogP contribution is 2.25. The Hall–Kier alpha value is -0.940. The number of hydrogen-bond donors (Lipinski definition) is 0. The van der Waals surface area contributed by atoms with Crippen molar-refractivity contribution < 1.29 is 14.3 Å². The van der Waals surface area contributed by atoms with Crippen LogP contribution in [0.3, 0.4) is 0 Å². The maximum atomic E-state index is 11.9. The van der Waals surface area contributed by atoms with Gasteiger partial charge in [0.25, 0.3) is 0 Å². The summed E-state index contributed by atoms with van der Waals surface area (Å²) in [5, 5.41) is 0. The number of ether oxygens (including phenoxy) is 2. The van der Waals surface area contributed by atoms with Crippen molar-refractivity contribution >= 4 is 17.3 Å². The van der Waals surface area contributed by atoms with Crippen LogP contribution in [-0.2, 0) is 4.74 Å². The second kappa shape index (κ2) is 4.28. The molecule has 15 heavy (non-hydrogen) atoms. The molecular weight excluding hydrogens is 214 g/mol. The van der Waals surface area contributed by atoms with Gasteiger partial charge in [-0.3, -0.25) is 4.79 Å². The van der Waals surface area contributed by atoms with Crippen molar-refractivity contribution in [1.29, 1.82) is 0 Å². The zero-order chi connectivity index (χ0) is 10.8. The summed E-state index contributed by atoms with van der Waals surface area (Å²) in [5.41, 5.74) is 0. The van der Waals surface area contributed by atoms with E-state index in [1.807, 2.05) is 6.92 Å². The lowest BCUT2D eigenvalue weighted by atomic mass is 10.1. The van der Waals surface area contributed by atoms with E-state index in [9.17, 15) is 4.79 Å². The summed E-state index contributed by atoms with van der Waals surface area (Å²) in [5.74, 6) is 0.523. The first kappa shape index (κ1) is 10.6. The maximum Gasteiger partial charge on any atom is 0.225 e. The molecule has 2 atom stereocenters. The van der Waals surface area contributed by atoms with Gasteiger partial charge >= 0.3 is 0 Å².